The van der Waals surface area contributed by atoms with Crippen molar-refractivity contribution in [2.45, 2.75) is 39.5 Å². The topological polar surface area (TPSA) is 48.1 Å². The molecule has 37 heavy (non-hydrogen) atoms. The molecule has 10 heteroatoms. The molecule has 0 saturated carbocycles. The molecule has 0 bridgehead atoms. The second-order valence-corrected chi connectivity index (χ2v) is 11.9. The lowest BCUT2D eigenvalue weighted by atomic mass is 10.2. The highest BCUT2D eigenvalue weighted by Crippen LogP contribution is 2.21. The van der Waals surface area contributed by atoms with Crippen LogP contribution in [-0.4, -0.2) is 78.8 Å². The number of carbonyl (C=O) groups excluding carboxylic acids is 1. The van der Waals surface area contributed by atoms with Gasteiger partial charge in [-0.3, -0.25) is 9.80 Å². The second kappa shape index (κ2) is 14.0. The van der Waals surface area contributed by atoms with Crippen molar-refractivity contribution in [2.75, 3.05) is 52.4 Å². The van der Waals surface area contributed by atoms with Crippen LogP contribution in [0.15, 0.2) is 45.3 Å². The van der Waals surface area contributed by atoms with Gasteiger partial charge in [-0.25, -0.2) is 13.6 Å². The molecule has 6 nitrogen and oxygen atoms in total. The number of nitrogens with one attached hydrogen (secondary N) is 1. The number of hydrogen-bond donors (Lipinski definition) is 1. The third-order valence-corrected chi connectivity index (χ3v) is 7.53. The van der Waals surface area contributed by atoms with Crippen molar-refractivity contribution >= 4 is 38.0 Å². The molecule has 2 aromatic carbocycles. The van der Waals surface area contributed by atoms with Gasteiger partial charge in [0.2, 0.25) is 0 Å². The smallest absolute Gasteiger partial charge is 0.410 e. The summed E-state index contributed by atoms with van der Waals surface area (Å²) in [7, 11) is 0. The van der Waals surface area contributed by atoms with Gasteiger partial charge in [0, 0.05) is 74.4 Å². The van der Waals surface area contributed by atoms with E-state index in [9.17, 15) is 13.6 Å². The zero-order valence-electron chi connectivity index (χ0n) is 21.7. The highest BCUT2D eigenvalue weighted by molar-refractivity contribution is 9.10. The zero-order valence-corrected chi connectivity index (χ0v) is 24.9. The van der Waals surface area contributed by atoms with E-state index in [0.717, 1.165) is 72.4 Å². The minimum Gasteiger partial charge on any atom is -0.444 e. The maximum atomic E-state index is 13.1. The summed E-state index contributed by atoms with van der Waals surface area (Å²) in [5.41, 5.74) is 1.73. The van der Waals surface area contributed by atoms with Gasteiger partial charge in [-0.05, 0) is 56.2 Å². The van der Waals surface area contributed by atoms with Crippen molar-refractivity contribution in [1.29, 1.82) is 0 Å². The lowest BCUT2D eigenvalue weighted by molar-refractivity contribution is 0.0139. The van der Waals surface area contributed by atoms with E-state index in [1.165, 1.54) is 24.3 Å². The van der Waals surface area contributed by atoms with Crippen LogP contribution >= 0.6 is 31.9 Å². The number of hydrogen-bond acceptors (Lipinski definition) is 5. The van der Waals surface area contributed by atoms with Gasteiger partial charge in [-0.1, -0.05) is 44.0 Å². The molecule has 2 aromatic rings. The standard InChI is InChI=1S/C16H22BrFN2O2.C11H14BrFN2/c1-16(2,3)22-15(21)20-8-6-19(7-9-20)11-12-4-5-13(18)10-14(12)17;12-11-7-10(13)2-1-9(11)8-15-5-3-14-4-6-15/h4-5,10H,6-9,11H2,1-3H3;1-2,7,14H,3-6,8H2. The van der Waals surface area contributed by atoms with E-state index in [4.69, 9.17) is 4.74 Å². The van der Waals surface area contributed by atoms with Crippen molar-refractivity contribution in [3.05, 3.63) is 68.1 Å². The highest BCUT2D eigenvalue weighted by atomic mass is 79.9. The Morgan fingerprint density at radius 3 is 1.73 bits per heavy atom. The van der Waals surface area contributed by atoms with Gasteiger partial charge in [0.1, 0.15) is 17.2 Å². The van der Waals surface area contributed by atoms with Crippen LogP contribution in [0.3, 0.4) is 0 Å². The van der Waals surface area contributed by atoms with Crippen LogP contribution in [0.4, 0.5) is 13.6 Å². The molecule has 1 amide bonds. The van der Waals surface area contributed by atoms with Gasteiger partial charge in [-0.2, -0.15) is 0 Å². The third-order valence-electron chi connectivity index (χ3n) is 6.05. The fourth-order valence-electron chi connectivity index (χ4n) is 4.07. The predicted octanol–water partition coefficient (Wildman–Crippen LogP) is 5.63. The molecule has 0 radical (unpaired) electrons. The molecule has 2 heterocycles. The van der Waals surface area contributed by atoms with Gasteiger partial charge in [0.15, 0.2) is 0 Å². The number of halogens is 4. The van der Waals surface area contributed by atoms with Crippen LogP contribution in [-0.2, 0) is 17.8 Å². The molecule has 2 aliphatic heterocycles. The molecule has 0 spiro atoms. The van der Waals surface area contributed by atoms with Crippen molar-refractivity contribution in [3.8, 4) is 0 Å². The van der Waals surface area contributed by atoms with E-state index >= 15 is 0 Å². The fourth-order valence-corrected chi connectivity index (χ4v) is 5.02. The molecule has 204 valence electrons. The normalized spacial score (nSPS) is 17.2. The average molecular weight is 646 g/mol. The Kier molecular flexibility index (Phi) is 11.3. The number of ether oxygens (including phenoxy) is 1. The molecular formula is C27H36Br2F2N4O2. The molecule has 0 atom stereocenters. The summed E-state index contributed by atoms with van der Waals surface area (Å²) >= 11 is 6.78. The first-order chi connectivity index (χ1) is 17.5. The van der Waals surface area contributed by atoms with Crippen LogP contribution < -0.4 is 5.32 Å². The first kappa shape index (κ1) is 30.0. The van der Waals surface area contributed by atoms with Crippen molar-refractivity contribution in [1.82, 2.24) is 20.0 Å². The highest BCUT2D eigenvalue weighted by Gasteiger charge is 2.26. The van der Waals surface area contributed by atoms with Crippen LogP contribution in [0.1, 0.15) is 31.9 Å². The molecule has 2 fully saturated rings. The molecular weight excluding hydrogens is 610 g/mol. The maximum absolute atomic E-state index is 13.1. The van der Waals surface area contributed by atoms with E-state index in [1.807, 2.05) is 26.8 Å². The van der Waals surface area contributed by atoms with Crippen LogP contribution in [0, 0.1) is 11.6 Å². The molecule has 2 saturated heterocycles. The van der Waals surface area contributed by atoms with Crippen molar-refractivity contribution in [2.24, 2.45) is 0 Å². The lowest BCUT2D eigenvalue weighted by Crippen LogP contribution is -2.49. The summed E-state index contributed by atoms with van der Waals surface area (Å²) in [5.74, 6) is -0.434. The number of carbonyl (C=O) groups is 1. The monoisotopic (exact) mass is 644 g/mol. The minimum absolute atomic E-state index is 0.189. The minimum atomic E-state index is -0.465. The Balaban J connectivity index is 0.000000220. The van der Waals surface area contributed by atoms with Crippen molar-refractivity contribution in [3.63, 3.8) is 0 Å². The Labute approximate surface area is 235 Å². The first-order valence-corrected chi connectivity index (χ1v) is 14.1. The van der Waals surface area contributed by atoms with Gasteiger partial charge in [0.25, 0.3) is 0 Å². The average Bonchev–Trinajstić information content (AvgIpc) is 2.83. The molecule has 0 aliphatic carbocycles. The quantitative estimate of drug-likeness (QED) is 0.467. The van der Waals surface area contributed by atoms with Crippen LogP contribution in [0.25, 0.3) is 0 Å². The largest absolute Gasteiger partial charge is 0.444 e. The summed E-state index contributed by atoms with van der Waals surface area (Å²) in [4.78, 5) is 18.4. The van der Waals surface area contributed by atoms with E-state index < -0.39 is 5.60 Å². The Hall–Kier alpha value is -1.59. The number of rotatable bonds is 4. The molecule has 0 unspecified atom stereocenters. The van der Waals surface area contributed by atoms with Crippen LogP contribution in [0.5, 0.6) is 0 Å². The van der Waals surface area contributed by atoms with E-state index in [0.29, 0.717) is 13.1 Å². The molecule has 2 aliphatic rings. The molecule has 4 rings (SSSR count). The summed E-state index contributed by atoms with van der Waals surface area (Å²) in [6, 6.07) is 9.63. The Morgan fingerprint density at radius 1 is 0.838 bits per heavy atom. The molecule has 0 aromatic heterocycles. The predicted molar refractivity (Wildman–Crippen MR) is 149 cm³/mol. The Bertz CT molecular complexity index is 1040. The first-order valence-electron chi connectivity index (χ1n) is 12.5. The number of piperazine rings is 2. The van der Waals surface area contributed by atoms with E-state index in [-0.39, 0.29) is 17.7 Å². The lowest BCUT2D eigenvalue weighted by Gasteiger charge is -2.35. The number of nitrogens with zero attached hydrogens (tertiary/aromatic N) is 3. The Morgan fingerprint density at radius 2 is 1.30 bits per heavy atom. The van der Waals surface area contributed by atoms with E-state index in [1.54, 1.807) is 11.0 Å². The van der Waals surface area contributed by atoms with E-state index in [2.05, 4.69) is 47.0 Å². The summed E-state index contributed by atoms with van der Waals surface area (Å²) < 4.78 is 33.0. The zero-order chi connectivity index (χ0) is 27.0. The summed E-state index contributed by atoms with van der Waals surface area (Å²) in [6.45, 7) is 14.3. The summed E-state index contributed by atoms with van der Waals surface area (Å²) in [6.07, 6.45) is -0.255. The van der Waals surface area contributed by atoms with Gasteiger partial charge >= 0.3 is 6.09 Å². The summed E-state index contributed by atoms with van der Waals surface area (Å²) in [5, 5.41) is 3.31. The van der Waals surface area contributed by atoms with Gasteiger partial charge < -0.3 is 15.0 Å². The van der Waals surface area contributed by atoms with Crippen molar-refractivity contribution < 1.29 is 18.3 Å². The fraction of sp³-hybridized carbons (Fsp3) is 0.519. The second-order valence-electron chi connectivity index (χ2n) is 10.2. The SMILES string of the molecule is CC(C)(C)OC(=O)N1CCN(Cc2ccc(F)cc2Br)CC1.Fc1ccc(CN2CCNCC2)c(Br)c1. The third kappa shape index (κ3) is 10.2. The number of amides is 1. The maximum Gasteiger partial charge on any atom is 0.410 e. The van der Waals surface area contributed by atoms with Gasteiger partial charge in [-0.15, -0.1) is 0 Å². The number of benzene rings is 2. The van der Waals surface area contributed by atoms with Gasteiger partial charge in [0.05, 0.1) is 0 Å². The molecule has 1 N–H and O–H groups in total. The van der Waals surface area contributed by atoms with Crippen LogP contribution in [0.2, 0.25) is 0 Å².